The van der Waals surface area contributed by atoms with E-state index in [0.29, 0.717) is 0 Å². The van der Waals surface area contributed by atoms with Crippen molar-refractivity contribution < 1.29 is 23.9 Å². The molecule has 0 unspecified atom stereocenters. The average molecular weight is 381 g/mol. The SMILES string of the molecule is C=CCOC(=O)CC(=O)[C@H](Cc1ccccc1)NC(=O)OCc1ccccc1. The third-order valence-electron chi connectivity index (χ3n) is 3.86. The van der Waals surface area contributed by atoms with Gasteiger partial charge in [0.05, 0.1) is 6.04 Å². The summed E-state index contributed by atoms with van der Waals surface area (Å²) in [6.45, 7) is 3.57. The highest BCUT2D eigenvalue weighted by Gasteiger charge is 2.24. The summed E-state index contributed by atoms with van der Waals surface area (Å²) in [5.74, 6) is -1.11. The summed E-state index contributed by atoms with van der Waals surface area (Å²) in [6, 6.07) is 17.5. The molecule has 0 radical (unpaired) electrons. The van der Waals surface area contributed by atoms with Gasteiger partial charge in [-0.2, -0.15) is 0 Å². The zero-order valence-electron chi connectivity index (χ0n) is 15.5. The van der Waals surface area contributed by atoms with Gasteiger partial charge in [0.15, 0.2) is 5.78 Å². The van der Waals surface area contributed by atoms with Crippen molar-refractivity contribution in [3.63, 3.8) is 0 Å². The predicted octanol–water partition coefficient (Wildman–Crippen LogP) is 3.21. The van der Waals surface area contributed by atoms with Crippen molar-refractivity contribution in [2.75, 3.05) is 6.61 Å². The van der Waals surface area contributed by atoms with Gasteiger partial charge in [0.1, 0.15) is 19.6 Å². The molecule has 0 aliphatic carbocycles. The number of Topliss-reactive ketones (excluding diaryl/α,β-unsaturated/α-hetero) is 1. The summed E-state index contributed by atoms with van der Waals surface area (Å²) in [5, 5.41) is 2.56. The highest BCUT2D eigenvalue weighted by atomic mass is 16.5. The minimum Gasteiger partial charge on any atom is -0.461 e. The van der Waals surface area contributed by atoms with Crippen molar-refractivity contribution in [1.82, 2.24) is 5.32 Å². The molecular weight excluding hydrogens is 358 g/mol. The fourth-order valence-corrected chi connectivity index (χ4v) is 2.47. The maximum atomic E-state index is 12.5. The molecule has 6 heteroatoms. The Kier molecular flexibility index (Phi) is 8.46. The second kappa shape index (κ2) is 11.3. The molecule has 28 heavy (non-hydrogen) atoms. The Balaban J connectivity index is 1.98. The van der Waals surface area contributed by atoms with Crippen molar-refractivity contribution in [2.45, 2.75) is 25.5 Å². The van der Waals surface area contributed by atoms with E-state index < -0.39 is 30.3 Å². The van der Waals surface area contributed by atoms with Crippen LogP contribution in [0.1, 0.15) is 17.5 Å². The standard InChI is InChI=1S/C22H23NO5/c1-2-13-27-21(25)15-20(24)19(14-17-9-5-3-6-10-17)23-22(26)28-16-18-11-7-4-8-12-18/h2-12,19H,1,13-16H2,(H,23,26)/t19-/m0/s1. The lowest BCUT2D eigenvalue weighted by Gasteiger charge is -2.17. The molecule has 0 saturated heterocycles. The number of nitrogens with one attached hydrogen (secondary N) is 1. The molecule has 0 fully saturated rings. The molecule has 6 nitrogen and oxygen atoms in total. The number of alkyl carbamates (subject to hydrolysis) is 1. The zero-order chi connectivity index (χ0) is 20.2. The number of esters is 1. The molecule has 1 N–H and O–H groups in total. The van der Waals surface area contributed by atoms with E-state index in [9.17, 15) is 14.4 Å². The minimum absolute atomic E-state index is 0.0298. The molecule has 2 aromatic rings. The summed E-state index contributed by atoms with van der Waals surface area (Å²) in [6.07, 6.45) is 0.500. The Morgan fingerprint density at radius 3 is 2.14 bits per heavy atom. The number of ether oxygens (including phenoxy) is 2. The number of ketones is 1. The van der Waals surface area contributed by atoms with Crippen LogP contribution in [0.3, 0.4) is 0 Å². The van der Waals surface area contributed by atoms with Crippen molar-refractivity contribution in [3.8, 4) is 0 Å². The van der Waals surface area contributed by atoms with E-state index in [1.54, 1.807) is 0 Å². The fraction of sp³-hybridized carbons (Fsp3) is 0.227. The molecule has 0 aliphatic rings. The number of hydrogen-bond acceptors (Lipinski definition) is 5. The highest BCUT2D eigenvalue weighted by molar-refractivity contribution is 5.99. The van der Waals surface area contributed by atoms with Crippen LogP contribution < -0.4 is 5.32 Å². The Morgan fingerprint density at radius 1 is 0.929 bits per heavy atom. The van der Waals surface area contributed by atoms with E-state index in [4.69, 9.17) is 9.47 Å². The maximum absolute atomic E-state index is 12.5. The third kappa shape index (κ3) is 7.45. The van der Waals surface area contributed by atoms with Gasteiger partial charge in [-0.05, 0) is 17.5 Å². The zero-order valence-corrected chi connectivity index (χ0v) is 15.5. The molecule has 0 bridgehead atoms. The Labute approximate surface area is 164 Å². The van der Waals surface area contributed by atoms with Gasteiger partial charge in [0.25, 0.3) is 0 Å². The molecule has 2 rings (SSSR count). The largest absolute Gasteiger partial charge is 0.461 e. The molecule has 1 amide bonds. The van der Waals surface area contributed by atoms with E-state index in [2.05, 4.69) is 11.9 Å². The van der Waals surface area contributed by atoms with Gasteiger partial charge in [-0.25, -0.2) is 4.79 Å². The Morgan fingerprint density at radius 2 is 1.54 bits per heavy atom. The van der Waals surface area contributed by atoms with Crippen LogP contribution in [-0.4, -0.2) is 30.5 Å². The first-order chi connectivity index (χ1) is 13.6. The van der Waals surface area contributed by atoms with Crippen molar-refractivity contribution in [3.05, 3.63) is 84.4 Å². The van der Waals surface area contributed by atoms with E-state index in [1.165, 1.54) is 6.08 Å². The van der Waals surface area contributed by atoms with Crippen LogP contribution in [0.25, 0.3) is 0 Å². The smallest absolute Gasteiger partial charge is 0.408 e. The van der Waals surface area contributed by atoms with Crippen LogP contribution >= 0.6 is 0 Å². The number of benzene rings is 2. The topological polar surface area (TPSA) is 81.7 Å². The van der Waals surface area contributed by atoms with E-state index in [0.717, 1.165) is 11.1 Å². The van der Waals surface area contributed by atoms with Crippen molar-refractivity contribution in [2.24, 2.45) is 0 Å². The molecule has 0 heterocycles. The normalized spacial score (nSPS) is 11.1. The summed E-state index contributed by atoms with van der Waals surface area (Å²) >= 11 is 0. The second-order valence-electron chi connectivity index (χ2n) is 6.06. The van der Waals surface area contributed by atoms with Gasteiger partial charge in [-0.3, -0.25) is 9.59 Å². The Hall–Kier alpha value is -3.41. The number of carbonyl (C=O) groups is 3. The minimum atomic E-state index is -0.901. The molecule has 0 saturated carbocycles. The van der Waals surface area contributed by atoms with Gasteiger partial charge in [0, 0.05) is 0 Å². The van der Waals surface area contributed by atoms with Gasteiger partial charge in [-0.15, -0.1) is 0 Å². The van der Waals surface area contributed by atoms with E-state index >= 15 is 0 Å². The van der Waals surface area contributed by atoms with Gasteiger partial charge >= 0.3 is 12.1 Å². The summed E-state index contributed by atoms with van der Waals surface area (Å²) < 4.78 is 10.0. The predicted molar refractivity (Wildman–Crippen MR) is 104 cm³/mol. The molecule has 0 aromatic heterocycles. The monoisotopic (exact) mass is 381 g/mol. The van der Waals surface area contributed by atoms with Crippen LogP contribution in [0.4, 0.5) is 4.79 Å². The number of rotatable bonds is 10. The van der Waals surface area contributed by atoms with Crippen molar-refractivity contribution in [1.29, 1.82) is 0 Å². The lowest BCUT2D eigenvalue weighted by atomic mass is 10.0. The number of hydrogen-bond donors (Lipinski definition) is 1. The first-order valence-corrected chi connectivity index (χ1v) is 8.89. The molecule has 0 aliphatic heterocycles. The summed E-state index contributed by atoms with van der Waals surface area (Å²) in [4.78, 5) is 36.4. The molecule has 0 spiro atoms. The first kappa shape index (κ1) is 20.9. The quantitative estimate of drug-likeness (QED) is 0.388. The average Bonchev–Trinajstić information content (AvgIpc) is 2.71. The molecule has 146 valence electrons. The number of carbonyl (C=O) groups excluding carboxylic acids is 3. The van der Waals surface area contributed by atoms with E-state index in [1.807, 2.05) is 60.7 Å². The number of amides is 1. The van der Waals surface area contributed by atoms with Crippen LogP contribution in [0.2, 0.25) is 0 Å². The van der Waals surface area contributed by atoms with Crippen LogP contribution in [0, 0.1) is 0 Å². The van der Waals surface area contributed by atoms with Gasteiger partial charge in [0.2, 0.25) is 0 Å². The molecule has 1 atom stereocenters. The summed E-state index contributed by atoms with van der Waals surface area (Å²) in [5.41, 5.74) is 1.68. The highest BCUT2D eigenvalue weighted by Crippen LogP contribution is 2.08. The lowest BCUT2D eigenvalue weighted by molar-refractivity contribution is -0.145. The maximum Gasteiger partial charge on any atom is 0.408 e. The van der Waals surface area contributed by atoms with Crippen LogP contribution in [-0.2, 0) is 32.1 Å². The van der Waals surface area contributed by atoms with Crippen LogP contribution in [0.5, 0.6) is 0 Å². The Bertz CT molecular complexity index is 789. The third-order valence-corrected chi connectivity index (χ3v) is 3.86. The second-order valence-corrected chi connectivity index (χ2v) is 6.06. The lowest BCUT2D eigenvalue weighted by Crippen LogP contribution is -2.43. The first-order valence-electron chi connectivity index (χ1n) is 8.89. The molecular formula is C22H23NO5. The summed E-state index contributed by atoms with van der Waals surface area (Å²) in [7, 11) is 0. The molecule has 2 aromatic carbocycles. The van der Waals surface area contributed by atoms with Crippen molar-refractivity contribution >= 4 is 17.8 Å². The fourth-order valence-electron chi connectivity index (χ4n) is 2.47. The van der Waals surface area contributed by atoms with Gasteiger partial charge < -0.3 is 14.8 Å². The van der Waals surface area contributed by atoms with Crippen LogP contribution in [0.15, 0.2) is 73.3 Å². The van der Waals surface area contributed by atoms with E-state index in [-0.39, 0.29) is 19.6 Å². The van der Waals surface area contributed by atoms with Gasteiger partial charge in [-0.1, -0.05) is 73.3 Å².